The van der Waals surface area contributed by atoms with Crippen molar-refractivity contribution in [3.63, 3.8) is 0 Å². The summed E-state index contributed by atoms with van der Waals surface area (Å²) in [5, 5.41) is 7.51. The Bertz CT molecular complexity index is 317. The summed E-state index contributed by atoms with van der Waals surface area (Å²) in [7, 11) is 0. The smallest absolute Gasteiger partial charge is 0.144 e. The molecule has 3 heteroatoms. The van der Waals surface area contributed by atoms with E-state index in [2.05, 4.69) is 31.2 Å². The summed E-state index contributed by atoms with van der Waals surface area (Å²) >= 11 is 0. The van der Waals surface area contributed by atoms with Crippen LogP contribution in [0.1, 0.15) is 43.7 Å². The van der Waals surface area contributed by atoms with E-state index in [1.165, 1.54) is 5.56 Å². The highest BCUT2D eigenvalue weighted by Crippen LogP contribution is 2.29. The fourth-order valence-electron chi connectivity index (χ4n) is 1.82. The molecule has 0 bridgehead atoms. The third-order valence-electron chi connectivity index (χ3n) is 3.15. The molecule has 1 aliphatic heterocycles. The molecule has 0 aromatic carbocycles. The summed E-state index contributed by atoms with van der Waals surface area (Å²) in [4.78, 5) is 0. The zero-order valence-corrected chi connectivity index (χ0v) is 9.13. The van der Waals surface area contributed by atoms with E-state index in [0.717, 1.165) is 31.0 Å². The summed E-state index contributed by atoms with van der Waals surface area (Å²) in [5.41, 5.74) is 2.46. The fourth-order valence-corrected chi connectivity index (χ4v) is 1.82. The Kier molecular flexibility index (Phi) is 2.59. The monoisotopic (exact) mass is 194 g/mol. The van der Waals surface area contributed by atoms with E-state index in [1.54, 1.807) is 0 Å². The molecule has 0 spiro atoms. The van der Waals surface area contributed by atoms with Crippen LogP contribution in [0.2, 0.25) is 0 Å². The molecular formula is C11H18N2O. The zero-order valence-electron chi connectivity index (χ0n) is 9.13. The highest BCUT2D eigenvalue weighted by Gasteiger charge is 2.24. The van der Waals surface area contributed by atoms with Gasteiger partial charge in [0, 0.05) is 31.0 Å². The Morgan fingerprint density at radius 2 is 2.14 bits per heavy atom. The summed E-state index contributed by atoms with van der Waals surface area (Å²) in [5.74, 6) is 2.15. The number of rotatable bonds is 2. The topological polar surface area (TPSA) is 38.1 Å². The Morgan fingerprint density at radius 1 is 1.36 bits per heavy atom. The minimum atomic E-state index is 0.464. The van der Waals surface area contributed by atoms with Gasteiger partial charge in [0.1, 0.15) is 5.76 Å². The third-order valence-corrected chi connectivity index (χ3v) is 3.15. The van der Waals surface area contributed by atoms with Crippen molar-refractivity contribution >= 4 is 0 Å². The lowest BCUT2D eigenvalue weighted by atomic mass is 9.91. The van der Waals surface area contributed by atoms with Crippen LogP contribution in [0.25, 0.3) is 0 Å². The number of hydrogen-bond donors (Lipinski definition) is 1. The van der Waals surface area contributed by atoms with Crippen LogP contribution in [-0.4, -0.2) is 11.7 Å². The SMILES string of the molecule is CC(C)[C@H](C)c1onc2c1CNCC2. The first-order valence-corrected chi connectivity index (χ1v) is 5.38. The quantitative estimate of drug-likeness (QED) is 0.783. The van der Waals surface area contributed by atoms with Gasteiger partial charge in [-0.25, -0.2) is 0 Å². The minimum Gasteiger partial charge on any atom is -0.360 e. The molecule has 2 rings (SSSR count). The lowest BCUT2D eigenvalue weighted by Crippen LogP contribution is -2.24. The number of hydrogen-bond acceptors (Lipinski definition) is 3. The van der Waals surface area contributed by atoms with Crippen molar-refractivity contribution in [2.24, 2.45) is 5.92 Å². The Morgan fingerprint density at radius 3 is 2.86 bits per heavy atom. The second-order valence-corrected chi connectivity index (χ2v) is 4.43. The van der Waals surface area contributed by atoms with E-state index < -0.39 is 0 Å². The Labute approximate surface area is 84.9 Å². The van der Waals surface area contributed by atoms with Gasteiger partial charge in [-0.05, 0) is 5.92 Å². The van der Waals surface area contributed by atoms with E-state index in [4.69, 9.17) is 4.52 Å². The molecule has 0 unspecified atom stereocenters. The van der Waals surface area contributed by atoms with Gasteiger partial charge >= 0.3 is 0 Å². The molecule has 0 amide bonds. The first kappa shape index (κ1) is 9.71. The van der Waals surface area contributed by atoms with Gasteiger partial charge in [0.25, 0.3) is 0 Å². The van der Waals surface area contributed by atoms with E-state index in [-0.39, 0.29) is 0 Å². The van der Waals surface area contributed by atoms with E-state index in [9.17, 15) is 0 Å². The van der Waals surface area contributed by atoms with Gasteiger partial charge < -0.3 is 9.84 Å². The van der Waals surface area contributed by atoms with Crippen LogP contribution < -0.4 is 5.32 Å². The lowest BCUT2D eigenvalue weighted by molar-refractivity contribution is 0.334. The van der Waals surface area contributed by atoms with Gasteiger partial charge in [0.2, 0.25) is 0 Å². The molecule has 1 aromatic heterocycles. The lowest BCUT2D eigenvalue weighted by Gasteiger charge is -2.16. The maximum Gasteiger partial charge on any atom is 0.144 e. The summed E-state index contributed by atoms with van der Waals surface area (Å²) in [6.07, 6.45) is 1.00. The predicted molar refractivity (Wildman–Crippen MR) is 55.2 cm³/mol. The van der Waals surface area contributed by atoms with Crippen LogP contribution in [0.15, 0.2) is 4.52 Å². The van der Waals surface area contributed by atoms with Crippen molar-refractivity contribution < 1.29 is 4.52 Å². The molecule has 0 fully saturated rings. The number of nitrogens with zero attached hydrogens (tertiary/aromatic N) is 1. The van der Waals surface area contributed by atoms with Gasteiger partial charge in [-0.3, -0.25) is 0 Å². The van der Waals surface area contributed by atoms with Crippen molar-refractivity contribution in [2.75, 3.05) is 6.54 Å². The van der Waals surface area contributed by atoms with Crippen molar-refractivity contribution in [1.29, 1.82) is 0 Å². The molecular weight excluding hydrogens is 176 g/mol. The van der Waals surface area contributed by atoms with Crippen LogP contribution in [-0.2, 0) is 13.0 Å². The molecule has 0 saturated heterocycles. The number of aromatic nitrogens is 1. The van der Waals surface area contributed by atoms with E-state index in [1.807, 2.05) is 0 Å². The highest BCUT2D eigenvalue weighted by molar-refractivity contribution is 5.27. The maximum absolute atomic E-state index is 5.45. The van der Waals surface area contributed by atoms with Crippen molar-refractivity contribution in [1.82, 2.24) is 10.5 Å². The highest BCUT2D eigenvalue weighted by atomic mass is 16.5. The predicted octanol–water partition coefficient (Wildman–Crippen LogP) is 2.08. The van der Waals surface area contributed by atoms with E-state index in [0.29, 0.717) is 11.8 Å². The molecule has 78 valence electrons. The average molecular weight is 194 g/mol. The van der Waals surface area contributed by atoms with Crippen LogP contribution in [0, 0.1) is 5.92 Å². The average Bonchev–Trinajstić information content (AvgIpc) is 2.60. The maximum atomic E-state index is 5.45. The minimum absolute atomic E-state index is 0.464. The number of fused-ring (bicyclic) bond motifs is 1. The standard InChI is InChI=1S/C11H18N2O/c1-7(2)8(3)11-9-6-12-5-4-10(9)13-14-11/h7-8,12H,4-6H2,1-3H3/t8-/m0/s1. The third kappa shape index (κ3) is 1.57. The molecule has 2 heterocycles. The van der Waals surface area contributed by atoms with Gasteiger partial charge in [-0.1, -0.05) is 25.9 Å². The summed E-state index contributed by atoms with van der Waals surface area (Å²) in [6.45, 7) is 8.59. The Hall–Kier alpha value is -0.830. The molecule has 0 aliphatic carbocycles. The first-order chi connectivity index (χ1) is 6.70. The van der Waals surface area contributed by atoms with Gasteiger partial charge in [-0.2, -0.15) is 0 Å². The van der Waals surface area contributed by atoms with Crippen molar-refractivity contribution in [3.05, 3.63) is 17.0 Å². The largest absolute Gasteiger partial charge is 0.360 e. The molecule has 1 N–H and O–H groups in total. The molecule has 0 saturated carbocycles. The second kappa shape index (κ2) is 3.73. The van der Waals surface area contributed by atoms with Crippen LogP contribution in [0.4, 0.5) is 0 Å². The van der Waals surface area contributed by atoms with Crippen LogP contribution in [0.5, 0.6) is 0 Å². The molecule has 0 radical (unpaired) electrons. The van der Waals surface area contributed by atoms with Crippen LogP contribution in [0.3, 0.4) is 0 Å². The zero-order chi connectivity index (χ0) is 10.1. The van der Waals surface area contributed by atoms with Crippen molar-refractivity contribution in [2.45, 2.75) is 39.7 Å². The number of nitrogens with one attached hydrogen (secondary N) is 1. The van der Waals surface area contributed by atoms with Gasteiger partial charge in [0.15, 0.2) is 0 Å². The summed E-state index contributed by atoms with van der Waals surface area (Å²) in [6, 6.07) is 0. The Balaban J connectivity index is 2.30. The second-order valence-electron chi connectivity index (χ2n) is 4.43. The van der Waals surface area contributed by atoms with Gasteiger partial charge in [0.05, 0.1) is 5.69 Å². The molecule has 14 heavy (non-hydrogen) atoms. The first-order valence-electron chi connectivity index (χ1n) is 5.38. The summed E-state index contributed by atoms with van der Waals surface area (Å²) < 4.78 is 5.45. The molecule has 3 nitrogen and oxygen atoms in total. The van der Waals surface area contributed by atoms with E-state index >= 15 is 0 Å². The molecule has 1 aliphatic rings. The molecule has 1 atom stereocenters. The normalized spacial score (nSPS) is 18.3. The fraction of sp³-hybridized carbons (Fsp3) is 0.727. The molecule has 1 aromatic rings. The van der Waals surface area contributed by atoms with Crippen LogP contribution >= 0.6 is 0 Å². The van der Waals surface area contributed by atoms with Gasteiger partial charge in [-0.15, -0.1) is 0 Å². The van der Waals surface area contributed by atoms with Crippen molar-refractivity contribution in [3.8, 4) is 0 Å².